The van der Waals surface area contributed by atoms with E-state index in [4.69, 9.17) is 0 Å². The van der Waals surface area contributed by atoms with Gasteiger partial charge >= 0.3 is 5.97 Å². The summed E-state index contributed by atoms with van der Waals surface area (Å²) >= 11 is 0. The van der Waals surface area contributed by atoms with Gasteiger partial charge in [-0.2, -0.15) is 0 Å². The molecule has 0 amide bonds. The molecule has 6 nitrogen and oxygen atoms in total. The number of hydrogen-bond acceptors (Lipinski definition) is 5. The van der Waals surface area contributed by atoms with Gasteiger partial charge in [0.2, 0.25) is 0 Å². The molecule has 43 heavy (non-hydrogen) atoms. The maximum absolute atomic E-state index is 13.2. The monoisotopic (exact) mass is 611 g/mol. The topological polar surface area (TPSA) is 112 Å². The Labute approximate surface area is 265 Å². The van der Waals surface area contributed by atoms with Gasteiger partial charge in [-0.25, -0.2) is 0 Å². The first-order valence-electron chi connectivity index (χ1n) is 18.5. The lowest BCUT2D eigenvalue weighted by atomic mass is 9.82. The van der Waals surface area contributed by atoms with E-state index in [1.807, 2.05) is 0 Å². The fourth-order valence-electron chi connectivity index (χ4n) is 6.11. The molecule has 0 heterocycles. The molecule has 6 heteroatoms. The molecule has 3 N–H and O–H groups in total. The van der Waals surface area contributed by atoms with Crippen LogP contribution >= 0.6 is 0 Å². The first kappa shape index (κ1) is 41.7. The van der Waals surface area contributed by atoms with Crippen LogP contribution in [0, 0.1) is 11.8 Å². The molecule has 0 aromatic rings. The standard InChI is InChI=1S/C37H70O6/c1-3-5-7-9-11-13-15-17-18-20-22-24-26-28-30-33(37(42)43)35(40)32(36(41)34(39)31-38)29-27-25-23-21-19-16-14-12-10-8-6-4-2/h32-34,38-39H,3-31H2,1-2H3,(H,42,43). The smallest absolute Gasteiger partial charge is 0.314 e. The molecule has 0 saturated carbocycles. The number of unbranched alkanes of at least 4 members (excludes halogenated alkanes) is 24. The fourth-order valence-corrected chi connectivity index (χ4v) is 6.11. The lowest BCUT2D eigenvalue weighted by Gasteiger charge is -2.21. The van der Waals surface area contributed by atoms with Crippen LogP contribution < -0.4 is 0 Å². The third-order valence-electron chi connectivity index (χ3n) is 9.02. The van der Waals surface area contributed by atoms with Crippen LogP contribution in [0.3, 0.4) is 0 Å². The summed E-state index contributed by atoms with van der Waals surface area (Å²) in [5.41, 5.74) is 0. The van der Waals surface area contributed by atoms with Gasteiger partial charge in [0.25, 0.3) is 0 Å². The second kappa shape index (κ2) is 30.7. The molecule has 0 rings (SSSR count). The zero-order valence-electron chi connectivity index (χ0n) is 28.3. The number of carboxylic acid groups (broad SMARTS) is 1. The number of aliphatic hydroxyl groups is 2. The zero-order chi connectivity index (χ0) is 32.0. The number of aliphatic carboxylic acids is 1. The number of carboxylic acids is 1. The predicted octanol–water partition coefficient (Wildman–Crippen LogP) is 9.76. The van der Waals surface area contributed by atoms with Crippen molar-refractivity contribution in [2.24, 2.45) is 11.8 Å². The summed E-state index contributed by atoms with van der Waals surface area (Å²) in [7, 11) is 0. The number of carbonyl (C=O) groups excluding carboxylic acids is 2. The van der Waals surface area contributed by atoms with Crippen molar-refractivity contribution in [3.05, 3.63) is 0 Å². The van der Waals surface area contributed by atoms with Gasteiger partial charge in [0.15, 0.2) is 11.6 Å². The number of rotatable bonds is 34. The number of aliphatic hydroxyl groups excluding tert-OH is 2. The first-order chi connectivity index (χ1) is 20.9. The van der Waals surface area contributed by atoms with Crippen molar-refractivity contribution in [2.75, 3.05) is 6.61 Å². The van der Waals surface area contributed by atoms with E-state index in [2.05, 4.69) is 13.8 Å². The van der Waals surface area contributed by atoms with Crippen molar-refractivity contribution >= 4 is 17.5 Å². The summed E-state index contributed by atoms with van der Waals surface area (Å²) in [5, 5.41) is 29.1. The number of carbonyl (C=O) groups is 3. The Kier molecular flexibility index (Phi) is 29.8. The molecule has 0 aromatic carbocycles. The Bertz CT molecular complexity index is 663. The highest BCUT2D eigenvalue weighted by Crippen LogP contribution is 2.24. The molecule has 3 atom stereocenters. The van der Waals surface area contributed by atoms with Crippen molar-refractivity contribution in [2.45, 2.75) is 200 Å². The van der Waals surface area contributed by atoms with Crippen molar-refractivity contribution in [1.82, 2.24) is 0 Å². The van der Waals surface area contributed by atoms with Crippen molar-refractivity contribution < 1.29 is 29.7 Å². The van der Waals surface area contributed by atoms with E-state index in [1.54, 1.807) is 0 Å². The van der Waals surface area contributed by atoms with Crippen LogP contribution in [0.25, 0.3) is 0 Å². The third-order valence-corrected chi connectivity index (χ3v) is 9.02. The molecule has 3 unspecified atom stereocenters. The average molecular weight is 611 g/mol. The molecule has 254 valence electrons. The maximum Gasteiger partial charge on any atom is 0.314 e. The molecule has 0 fully saturated rings. The zero-order valence-corrected chi connectivity index (χ0v) is 28.3. The fraction of sp³-hybridized carbons (Fsp3) is 0.919. The second-order valence-corrected chi connectivity index (χ2v) is 13.0. The molecule has 0 aliphatic heterocycles. The van der Waals surface area contributed by atoms with Gasteiger partial charge in [0.1, 0.15) is 12.0 Å². The highest BCUT2D eigenvalue weighted by Gasteiger charge is 2.37. The van der Waals surface area contributed by atoms with Crippen LogP contribution in [0.4, 0.5) is 0 Å². The van der Waals surface area contributed by atoms with Gasteiger partial charge in [0.05, 0.1) is 12.5 Å². The van der Waals surface area contributed by atoms with Crippen LogP contribution in [-0.2, 0) is 14.4 Å². The van der Waals surface area contributed by atoms with Crippen LogP contribution in [0.1, 0.15) is 194 Å². The molecule has 0 radical (unpaired) electrons. The molecule has 0 bridgehead atoms. The Morgan fingerprint density at radius 1 is 0.442 bits per heavy atom. The lowest BCUT2D eigenvalue weighted by molar-refractivity contribution is -0.150. The van der Waals surface area contributed by atoms with Crippen molar-refractivity contribution in [3.63, 3.8) is 0 Å². The van der Waals surface area contributed by atoms with Gasteiger partial charge in [0, 0.05) is 0 Å². The summed E-state index contributed by atoms with van der Waals surface area (Å²) in [4.78, 5) is 38.0. The van der Waals surface area contributed by atoms with Gasteiger partial charge in [-0.3, -0.25) is 14.4 Å². The summed E-state index contributed by atoms with van der Waals surface area (Å²) in [6, 6.07) is 0. The average Bonchev–Trinajstić information content (AvgIpc) is 3.00. The van der Waals surface area contributed by atoms with E-state index in [1.165, 1.54) is 116 Å². The normalized spacial score (nSPS) is 13.6. The SMILES string of the molecule is CCCCCCCCCCCCCCCCC(C(=O)O)C(=O)C(CCCCCCCCCCCCCC)C(=O)C(O)CO. The molecular weight excluding hydrogens is 540 g/mol. The summed E-state index contributed by atoms with van der Waals surface area (Å²) in [5.74, 6) is -4.90. The molecule has 0 saturated heterocycles. The van der Waals surface area contributed by atoms with E-state index in [0.717, 1.165) is 38.5 Å². The van der Waals surface area contributed by atoms with E-state index in [0.29, 0.717) is 12.8 Å². The number of hydrogen-bond donors (Lipinski definition) is 3. The highest BCUT2D eigenvalue weighted by molar-refractivity contribution is 6.10. The highest BCUT2D eigenvalue weighted by atomic mass is 16.4. The first-order valence-corrected chi connectivity index (χ1v) is 18.5. The molecule has 0 aliphatic rings. The molecule has 0 aliphatic carbocycles. The molecule has 0 aromatic heterocycles. The summed E-state index contributed by atoms with van der Waals surface area (Å²) in [6.07, 6.45) is 29.6. The van der Waals surface area contributed by atoms with Crippen molar-refractivity contribution in [1.29, 1.82) is 0 Å². The maximum atomic E-state index is 13.2. The molecular formula is C37H70O6. The minimum atomic E-state index is -1.64. The van der Waals surface area contributed by atoms with Crippen LogP contribution in [0.2, 0.25) is 0 Å². The van der Waals surface area contributed by atoms with Gasteiger partial charge < -0.3 is 15.3 Å². The largest absolute Gasteiger partial charge is 0.481 e. The summed E-state index contributed by atoms with van der Waals surface area (Å²) in [6.45, 7) is 3.72. The second-order valence-electron chi connectivity index (χ2n) is 13.0. The minimum Gasteiger partial charge on any atom is -0.481 e. The van der Waals surface area contributed by atoms with E-state index < -0.39 is 42.1 Å². The van der Waals surface area contributed by atoms with Crippen LogP contribution in [0.15, 0.2) is 0 Å². The van der Waals surface area contributed by atoms with E-state index in [-0.39, 0.29) is 12.8 Å². The van der Waals surface area contributed by atoms with E-state index >= 15 is 0 Å². The lowest BCUT2D eigenvalue weighted by Crippen LogP contribution is -2.40. The Hall–Kier alpha value is -1.27. The summed E-state index contributed by atoms with van der Waals surface area (Å²) < 4.78 is 0. The van der Waals surface area contributed by atoms with Crippen LogP contribution in [-0.4, -0.2) is 45.6 Å². The van der Waals surface area contributed by atoms with Crippen LogP contribution in [0.5, 0.6) is 0 Å². The minimum absolute atomic E-state index is 0.226. The Balaban J connectivity index is 4.33. The van der Waals surface area contributed by atoms with Gasteiger partial charge in [-0.1, -0.05) is 181 Å². The molecule has 0 spiro atoms. The predicted molar refractivity (Wildman–Crippen MR) is 178 cm³/mol. The van der Waals surface area contributed by atoms with Gasteiger partial charge in [-0.05, 0) is 12.8 Å². The Morgan fingerprint density at radius 3 is 1.00 bits per heavy atom. The number of ketones is 2. The Morgan fingerprint density at radius 2 is 0.721 bits per heavy atom. The van der Waals surface area contributed by atoms with E-state index in [9.17, 15) is 29.7 Å². The number of Topliss-reactive ketones (excluding diaryl/α,β-unsaturated/α-hetero) is 2. The third kappa shape index (κ3) is 23.7. The van der Waals surface area contributed by atoms with Gasteiger partial charge in [-0.15, -0.1) is 0 Å². The van der Waals surface area contributed by atoms with Crippen molar-refractivity contribution in [3.8, 4) is 0 Å². The quantitative estimate of drug-likeness (QED) is 0.0494.